The molecular formula is C9H19NS2. The van der Waals surface area contributed by atoms with Crippen LogP contribution in [0.1, 0.15) is 19.3 Å². The molecule has 3 heteroatoms. The highest BCUT2D eigenvalue weighted by Gasteiger charge is 1.95. The Morgan fingerprint density at radius 1 is 0.667 bits per heavy atom. The fraction of sp³-hybridized carbons (Fsp3) is 1.00. The van der Waals surface area contributed by atoms with Gasteiger partial charge in [-0.25, -0.2) is 0 Å². The summed E-state index contributed by atoms with van der Waals surface area (Å²) in [7, 11) is 0. The van der Waals surface area contributed by atoms with Crippen molar-refractivity contribution in [1.29, 1.82) is 0 Å². The van der Waals surface area contributed by atoms with Gasteiger partial charge in [-0.15, -0.1) is 0 Å². The molecule has 0 radical (unpaired) electrons. The van der Waals surface area contributed by atoms with E-state index in [4.69, 9.17) is 0 Å². The van der Waals surface area contributed by atoms with Crippen molar-refractivity contribution in [2.45, 2.75) is 19.3 Å². The molecule has 0 unspecified atom stereocenters. The fourth-order valence-electron chi connectivity index (χ4n) is 1.20. The van der Waals surface area contributed by atoms with Gasteiger partial charge in [-0.2, -0.15) is 23.5 Å². The summed E-state index contributed by atoms with van der Waals surface area (Å²) >= 11 is 4.20. The van der Waals surface area contributed by atoms with Gasteiger partial charge in [-0.1, -0.05) is 6.42 Å². The zero-order chi connectivity index (χ0) is 8.49. The van der Waals surface area contributed by atoms with Gasteiger partial charge in [0.15, 0.2) is 0 Å². The van der Waals surface area contributed by atoms with Crippen molar-refractivity contribution in [3.63, 3.8) is 0 Å². The standard InChI is InChI=1S/C9H19NS2/c1-2-6-11-8-4-10-5-9-12-7-3-1/h10H,1-9H2. The normalized spacial score (nSPS) is 24.0. The molecule has 1 fully saturated rings. The molecule has 0 saturated carbocycles. The first-order valence-corrected chi connectivity index (χ1v) is 7.17. The van der Waals surface area contributed by atoms with Gasteiger partial charge in [0, 0.05) is 24.6 Å². The second-order valence-corrected chi connectivity index (χ2v) is 5.48. The van der Waals surface area contributed by atoms with Gasteiger partial charge in [-0.05, 0) is 24.3 Å². The molecule has 1 N–H and O–H groups in total. The lowest BCUT2D eigenvalue weighted by Crippen LogP contribution is -2.20. The number of thioether (sulfide) groups is 2. The summed E-state index contributed by atoms with van der Waals surface area (Å²) in [6.07, 6.45) is 4.28. The van der Waals surface area contributed by atoms with Crippen LogP contribution in [0.4, 0.5) is 0 Å². The summed E-state index contributed by atoms with van der Waals surface area (Å²) in [5, 5.41) is 3.46. The van der Waals surface area contributed by atoms with Crippen molar-refractivity contribution in [2.75, 3.05) is 36.1 Å². The molecule has 0 aliphatic carbocycles. The molecule has 1 saturated heterocycles. The second kappa shape index (κ2) is 8.27. The minimum absolute atomic E-state index is 1.20. The third-order valence-electron chi connectivity index (χ3n) is 1.92. The SMILES string of the molecule is C1CCSCCNCCSCC1. The summed E-state index contributed by atoms with van der Waals surface area (Å²) in [6, 6.07) is 0. The third-order valence-corrected chi connectivity index (χ3v) is 4.06. The van der Waals surface area contributed by atoms with Gasteiger partial charge < -0.3 is 5.32 Å². The van der Waals surface area contributed by atoms with E-state index in [0.717, 1.165) is 0 Å². The first kappa shape index (κ1) is 10.7. The first-order chi connectivity index (χ1) is 6.00. The van der Waals surface area contributed by atoms with E-state index in [1.807, 2.05) is 0 Å². The predicted molar refractivity (Wildman–Crippen MR) is 61.4 cm³/mol. The number of nitrogens with one attached hydrogen (secondary N) is 1. The van der Waals surface area contributed by atoms with Crippen LogP contribution >= 0.6 is 23.5 Å². The van der Waals surface area contributed by atoms with Crippen molar-refractivity contribution < 1.29 is 0 Å². The van der Waals surface area contributed by atoms with Crippen molar-refractivity contribution in [1.82, 2.24) is 5.32 Å². The number of hydrogen-bond acceptors (Lipinski definition) is 3. The Balaban J connectivity index is 2.00. The summed E-state index contributed by atoms with van der Waals surface area (Å²) in [6.45, 7) is 2.40. The minimum Gasteiger partial charge on any atom is -0.315 e. The van der Waals surface area contributed by atoms with Crippen LogP contribution in [0.15, 0.2) is 0 Å². The van der Waals surface area contributed by atoms with Gasteiger partial charge in [0.1, 0.15) is 0 Å². The second-order valence-electron chi connectivity index (χ2n) is 3.04. The lowest BCUT2D eigenvalue weighted by molar-refractivity contribution is 0.760. The summed E-state index contributed by atoms with van der Waals surface area (Å²) < 4.78 is 0. The summed E-state index contributed by atoms with van der Waals surface area (Å²) in [4.78, 5) is 0. The van der Waals surface area contributed by atoms with Crippen LogP contribution in [0.25, 0.3) is 0 Å². The Morgan fingerprint density at radius 2 is 1.25 bits per heavy atom. The lowest BCUT2D eigenvalue weighted by Gasteiger charge is -2.07. The molecule has 0 aromatic carbocycles. The Hall–Kier alpha value is 0.660. The maximum atomic E-state index is 3.46. The van der Waals surface area contributed by atoms with Gasteiger partial charge in [-0.3, -0.25) is 0 Å². The van der Waals surface area contributed by atoms with Gasteiger partial charge in [0.05, 0.1) is 0 Å². The minimum atomic E-state index is 1.20. The monoisotopic (exact) mass is 205 g/mol. The van der Waals surface area contributed by atoms with Crippen LogP contribution in [0.5, 0.6) is 0 Å². The quantitative estimate of drug-likeness (QED) is 0.651. The zero-order valence-corrected chi connectivity index (χ0v) is 9.31. The molecular weight excluding hydrogens is 186 g/mol. The van der Waals surface area contributed by atoms with Crippen molar-refractivity contribution in [3.8, 4) is 0 Å². The molecule has 1 aliphatic rings. The lowest BCUT2D eigenvalue weighted by atomic mass is 10.3. The molecule has 12 heavy (non-hydrogen) atoms. The van der Waals surface area contributed by atoms with Gasteiger partial charge >= 0.3 is 0 Å². The van der Waals surface area contributed by atoms with E-state index in [2.05, 4.69) is 28.8 Å². The Labute approximate surface area is 84.4 Å². The third kappa shape index (κ3) is 6.21. The molecule has 1 heterocycles. The largest absolute Gasteiger partial charge is 0.315 e. The Kier molecular flexibility index (Phi) is 7.40. The molecule has 1 aliphatic heterocycles. The number of rotatable bonds is 0. The average molecular weight is 205 g/mol. The Bertz CT molecular complexity index is 55.5. The van der Waals surface area contributed by atoms with Crippen LogP contribution < -0.4 is 5.32 Å². The van der Waals surface area contributed by atoms with E-state index in [1.54, 1.807) is 0 Å². The smallest absolute Gasteiger partial charge is 0.00581 e. The molecule has 1 rings (SSSR count). The van der Waals surface area contributed by atoms with Crippen LogP contribution in [-0.4, -0.2) is 36.1 Å². The molecule has 0 amide bonds. The maximum Gasteiger partial charge on any atom is 0.00581 e. The molecule has 0 spiro atoms. The van der Waals surface area contributed by atoms with Crippen LogP contribution in [0.2, 0.25) is 0 Å². The van der Waals surface area contributed by atoms with Crippen LogP contribution in [0.3, 0.4) is 0 Å². The van der Waals surface area contributed by atoms with Crippen molar-refractivity contribution in [3.05, 3.63) is 0 Å². The van der Waals surface area contributed by atoms with Crippen LogP contribution in [0, 0.1) is 0 Å². The molecule has 1 nitrogen and oxygen atoms in total. The van der Waals surface area contributed by atoms with Gasteiger partial charge in [0.25, 0.3) is 0 Å². The molecule has 0 aromatic heterocycles. The summed E-state index contributed by atoms with van der Waals surface area (Å²) in [5.74, 6) is 5.33. The highest BCUT2D eigenvalue weighted by molar-refractivity contribution is 7.99. The van der Waals surface area contributed by atoms with Gasteiger partial charge in [0.2, 0.25) is 0 Å². The molecule has 0 aromatic rings. The number of hydrogen-bond donors (Lipinski definition) is 1. The van der Waals surface area contributed by atoms with E-state index in [0.29, 0.717) is 0 Å². The molecule has 72 valence electrons. The average Bonchev–Trinajstić information content (AvgIpc) is 2.05. The zero-order valence-electron chi connectivity index (χ0n) is 7.68. The molecule has 0 atom stereocenters. The molecule has 0 bridgehead atoms. The highest BCUT2D eigenvalue weighted by atomic mass is 32.2. The van der Waals surface area contributed by atoms with Crippen molar-refractivity contribution in [2.24, 2.45) is 0 Å². The van der Waals surface area contributed by atoms with E-state index in [-0.39, 0.29) is 0 Å². The summed E-state index contributed by atoms with van der Waals surface area (Å²) in [5.41, 5.74) is 0. The first-order valence-electron chi connectivity index (χ1n) is 4.86. The Morgan fingerprint density at radius 3 is 1.83 bits per heavy atom. The van der Waals surface area contributed by atoms with E-state index < -0.39 is 0 Å². The van der Waals surface area contributed by atoms with Crippen molar-refractivity contribution >= 4 is 23.5 Å². The van der Waals surface area contributed by atoms with E-state index >= 15 is 0 Å². The van der Waals surface area contributed by atoms with E-state index in [9.17, 15) is 0 Å². The van der Waals surface area contributed by atoms with Crippen LogP contribution in [-0.2, 0) is 0 Å². The fourth-order valence-corrected chi connectivity index (χ4v) is 3.00. The highest BCUT2D eigenvalue weighted by Crippen LogP contribution is 2.10. The topological polar surface area (TPSA) is 12.0 Å². The van der Waals surface area contributed by atoms with E-state index in [1.165, 1.54) is 55.4 Å². The predicted octanol–water partition coefficient (Wildman–Crippen LogP) is 2.23. The maximum absolute atomic E-state index is 3.46.